The average molecular weight is 289 g/mol. The van der Waals surface area contributed by atoms with Gasteiger partial charge in [-0.2, -0.15) is 0 Å². The molecular formula is C16H23N3O2. The smallest absolute Gasteiger partial charge is 0.234 e. The molecule has 1 atom stereocenters. The van der Waals surface area contributed by atoms with Crippen molar-refractivity contribution < 1.29 is 9.59 Å². The van der Waals surface area contributed by atoms with Crippen molar-refractivity contribution in [2.45, 2.75) is 25.8 Å². The number of amides is 2. The van der Waals surface area contributed by atoms with Crippen LogP contribution < -0.4 is 10.6 Å². The van der Waals surface area contributed by atoms with Crippen molar-refractivity contribution in [3.05, 3.63) is 35.9 Å². The zero-order valence-electron chi connectivity index (χ0n) is 12.5. The lowest BCUT2D eigenvalue weighted by molar-refractivity contribution is -0.127. The van der Waals surface area contributed by atoms with Crippen molar-refractivity contribution in [2.75, 3.05) is 26.2 Å². The molecule has 0 aliphatic carbocycles. The Hall–Kier alpha value is -1.88. The van der Waals surface area contributed by atoms with Crippen LogP contribution in [0.25, 0.3) is 0 Å². The average Bonchev–Trinajstić information content (AvgIpc) is 2.47. The molecule has 1 fully saturated rings. The Bertz CT molecular complexity index is 476. The summed E-state index contributed by atoms with van der Waals surface area (Å²) in [6.45, 7) is 4.03. The maximum absolute atomic E-state index is 12.2. The van der Waals surface area contributed by atoms with Crippen LogP contribution in [0, 0.1) is 0 Å². The predicted molar refractivity (Wildman–Crippen MR) is 81.7 cm³/mol. The highest BCUT2D eigenvalue weighted by atomic mass is 16.2. The van der Waals surface area contributed by atoms with Crippen LogP contribution in [0.2, 0.25) is 0 Å². The molecule has 1 saturated heterocycles. The van der Waals surface area contributed by atoms with E-state index in [2.05, 4.69) is 17.6 Å². The number of carbonyl (C=O) groups excluding carboxylic acids is 2. The minimum Gasteiger partial charge on any atom is -0.354 e. The molecule has 2 amide bonds. The largest absolute Gasteiger partial charge is 0.354 e. The molecule has 1 aliphatic heterocycles. The van der Waals surface area contributed by atoms with E-state index in [9.17, 15) is 9.59 Å². The van der Waals surface area contributed by atoms with E-state index in [-0.39, 0.29) is 24.4 Å². The van der Waals surface area contributed by atoms with Crippen molar-refractivity contribution in [3.8, 4) is 0 Å². The zero-order valence-corrected chi connectivity index (χ0v) is 12.5. The molecule has 2 rings (SSSR count). The first-order valence-corrected chi connectivity index (χ1v) is 7.52. The van der Waals surface area contributed by atoms with Gasteiger partial charge < -0.3 is 10.6 Å². The van der Waals surface area contributed by atoms with Gasteiger partial charge in [-0.1, -0.05) is 43.7 Å². The van der Waals surface area contributed by atoms with Crippen LogP contribution in [0.3, 0.4) is 0 Å². The first kappa shape index (κ1) is 15.5. The lowest BCUT2D eigenvalue weighted by atomic mass is 10.0. The Morgan fingerprint density at radius 1 is 1.38 bits per heavy atom. The number of hydrogen-bond donors (Lipinski definition) is 2. The molecule has 0 bridgehead atoms. The van der Waals surface area contributed by atoms with Crippen molar-refractivity contribution in [1.29, 1.82) is 0 Å². The van der Waals surface area contributed by atoms with E-state index in [1.807, 2.05) is 35.2 Å². The topological polar surface area (TPSA) is 61.4 Å². The summed E-state index contributed by atoms with van der Waals surface area (Å²) in [6, 6.07) is 10.1. The number of benzene rings is 1. The van der Waals surface area contributed by atoms with Crippen LogP contribution >= 0.6 is 0 Å². The molecule has 1 aromatic rings. The van der Waals surface area contributed by atoms with Crippen molar-refractivity contribution in [1.82, 2.24) is 15.5 Å². The molecule has 1 heterocycles. The van der Waals surface area contributed by atoms with Crippen molar-refractivity contribution in [3.63, 3.8) is 0 Å². The van der Waals surface area contributed by atoms with Crippen molar-refractivity contribution in [2.24, 2.45) is 0 Å². The molecule has 0 radical (unpaired) electrons. The van der Waals surface area contributed by atoms with E-state index in [0.29, 0.717) is 13.1 Å². The van der Waals surface area contributed by atoms with Gasteiger partial charge in [0.2, 0.25) is 11.8 Å². The summed E-state index contributed by atoms with van der Waals surface area (Å²) in [4.78, 5) is 25.4. The SMILES string of the molecule is CCC[C@@H](NC(=O)CN1CCNC(=O)C1)c1ccccc1. The minimum atomic E-state index is -0.0213. The molecule has 21 heavy (non-hydrogen) atoms. The van der Waals surface area contributed by atoms with Gasteiger partial charge in [0.25, 0.3) is 0 Å². The lowest BCUT2D eigenvalue weighted by Crippen LogP contribution is -2.50. The second kappa shape index (κ2) is 7.78. The number of hydrogen-bond acceptors (Lipinski definition) is 3. The fraction of sp³-hybridized carbons (Fsp3) is 0.500. The van der Waals surface area contributed by atoms with E-state index < -0.39 is 0 Å². The normalized spacial score (nSPS) is 17.1. The monoisotopic (exact) mass is 289 g/mol. The van der Waals surface area contributed by atoms with Gasteiger partial charge in [-0.05, 0) is 12.0 Å². The molecule has 1 aromatic carbocycles. The number of carbonyl (C=O) groups is 2. The van der Waals surface area contributed by atoms with E-state index in [0.717, 1.165) is 24.9 Å². The fourth-order valence-corrected chi connectivity index (χ4v) is 2.57. The first-order chi connectivity index (χ1) is 10.2. The second-order valence-electron chi connectivity index (χ2n) is 5.38. The standard InChI is InChI=1S/C16H23N3O2/c1-2-6-14(13-7-4-3-5-8-13)18-16(21)12-19-10-9-17-15(20)11-19/h3-5,7-8,14H,2,6,9-12H2,1H3,(H,17,20)(H,18,21)/t14-/m1/s1. The third kappa shape index (κ3) is 4.86. The number of rotatable bonds is 6. The van der Waals surface area contributed by atoms with E-state index in [4.69, 9.17) is 0 Å². The summed E-state index contributed by atoms with van der Waals surface area (Å²) in [6.07, 6.45) is 1.92. The number of nitrogens with zero attached hydrogens (tertiary/aromatic N) is 1. The summed E-state index contributed by atoms with van der Waals surface area (Å²) < 4.78 is 0. The van der Waals surface area contributed by atoms with Crippen LogP contribution in [-0.4, -0.2) is 42.9 Å². The summed E-state index contributed by atoms with van der Waals surface area (Å²) in [5.74, 6) is -0.0331. The minimum absolute atomic E-state index is 0.0118. The van der Waals surface area contributed by atoms with Gasteiger partial charge in [0, 0.05) is 13.1 Å². The maximum Gasteiger partial charge on any atom is 0.234 e. The summed E-state index contributed by atoms with van der Waals surface area (Å²) in [5.41, 5.74) is 1.13. The van der Waals surface area contributed by atoms with Gasteiger partial charge in [-0.25, -0.2) is 0 Å². The molecule has 5 nitrogen and oxygen atoms in total. The molecule has 5 heteroatoms. The van der Waals surface area contributed by atoms with Gasteiger partial charge in [0.1, 0.15) is 0 Å². The molecule has 0 aromatic heterocycles. The quantitative estimate of drug-likeness (QED) is 0.823. The fourth-order valence-electron chi connectivity index (χ4n) is 2.57. The van der Waals surface area contributed by atoms with Gasteiger partial charge in [-0.3, -0.25) is 14.5 Å². The van der Waals surface area contributed by atoms with Gasteiger partial charge in [0.15, 0.2) is 0 Å². The van der Waals surface area contributed by atoms with E-state index in [1.165, 1.54) is 0 Å². The Kier molecular flexibility index (Phi) is 5.75. The van der Waals surface area contributed by atoms with Gasteiger partial charge >= 0.3 is 0 Å². The highest BCUT2D eigenvalue weighted by Crippen LogP contribution is 2.17. The third-order valence-electron chi connectivity index (χ3n) is 3.60. The zero-order chi connectivity index (χ0) is 15.1. The first-order valence-electron chi connectivity index (χ1n) is 7.52. The third-order valence-corrected chi connectivity index (χ3v) is 3.60. The Balaban J connectivity index is 1.90. The molecule has 114 valence electrons. The molecule has 0 unspecified atom stereocenters. The molecule has 2 N–H and O–H groups in total. The van der Waals surface area contributed by atoms with Crippen LogP contribution in [0.1, 0.15) is 31.4 Å². The van der Waals surface area contributed by atoms with E-state index >= 15 is 0 Å². The molecule has 0 spiro atoms. The van der Waals surface area contributed by atoms with E-state index in [1.54, 1.807) is 0 Å². The lowest BCUT2D eigenvalue weighted by Gasteiger charge is -2.27. The predicted octanol–water partition coefficient (Wildman–Crippen LogP) is 1.08. The van der Waals surface area contributed by atoms with Crippen LogP contribution in [-0.2, 0) is 9.59 Å². The summed E-state index contributed by atoms with van der Waals surface area (Å²) in [5, 5.41) is 5.84. The highest BCUT2D eigenvalue weighted by Gasteiger charge is 2.20. The summed E-state index contributed by atoms with van der Waals surface area (Å²) >= 11 is 0. The highest BCUT2D eigenvalue weighted by molar-refractivity contribution is 5.82. The Morgan fingerprint density at radius 3 is 2.81 bits per heavy atom. The van der Waals surface area contributed by atoms with Crippen LogP contribution in [0.15, 0.2) is 30.3 Å². The van der Waals surface area contributed by atoms with Gasteiger partial charge in [-0.15, -0.1) is 0 Å². The Labute approximate surface area is 125 Å². The Morgan fingerprint density at radius 2 is 2.14 bits per heavy atom. The van der Waals surface area contributed by atoms with Gasteiger partial charge in [0.05, 0.1) is 19.1 Å². The molecule has 0 saturated carbocycles. The second-order valence-corrected chi connectivity index (χ2v) is 5.38. The maximum atomic E-state index is 12.2. The van der Waals surface area contributed by atoms with Crippen molar-refractivity contribution >= 4 is 11.8 Å². The number of piperazine rings is 1. The molecular weight excluding hydrogens is 266 g/mol. The summed E-state index contributed by atoms with van der Waals surface area (Å²) in [7, 11) is 0. The van der Waals surface area contributed by atoms with Crippen LogP contribution in [0.5, 0.6) is 0 Å². The van der Waals surface area contributed by atoms with Crippen LogP contribution in [0.4, 0.5) is 0 Å². The number of nitrogens with one attached hydrogen (secondary N) is 2. The molecule has 1 aliphatic rings.